The fourth-order valence-electron chi connectivity index (χ4n) is 4.69. The van der Waals surface area contributed by atoms with Crippen LogP contribution in [0.1, 0.15) is 47.9 Å². The van der Waals surface area contributed by atoms with Crippen molar-refractivity contribution in [3.05, 3.63) is 57.9 Å². The lowest BCUT2D eigenvalue weighted by atomic mass is 9.74. The molecule has 3 heterocycles. The fraction of sp³-hybridized carbons (Fsp3) is 0.444. The number of ether oxygens (including phenoxy) is 1. The number of aliphatic hydroxyl groups is 2. The van der Waals surface area contributed by atoms with E-state index in [2.05, 4.69) is 21.7 Å². The number of alkyl halides is 1. The number of rotatable bonds is 8. The summed E-state index contributed by atoms with van der Waals surface area (Å²) in [5, 5.41) is 22.7. The number of hydrogen-bond donors (Lipinski definition) is 2. The molecular formula is C27H31FN2O3S. The van der Waals surface area contributed by atoms with E-state index in [0.29, 0.717) is 40.7 Å². The summed E-state index contributed by atoms with van der Waals surface area (Å²) in [5.74, 6) is 7.05. The first-order chi connectivity index (χ1) is 16.6. The van der Waals surface area contributed by atoms with Crippen LogP contribution in [0.2, 0.25) is 0 Å². The van der Waals surface area contributed by atoms with Crippen molar-refractivity contribution in [1.82, 2.24) is 9.88 Å². The predicted molar refractivity (Wildman–Crippen MR) is 134 cm³/mol. The first-order valence-corrected chi connectivity index (χ1v) is 12.5. The van der Waals surface area contributed by atoms with Crippen molar-refractivity contribution in [2.24, 2.45) is 5.41 Å². The Kier molecular flexibility index (Phi) is 8.17. The Balaban J connectivity index is 1.42. The minimum atomic E-state index is -1.27. The van der Waals surface area contributed by atoms with E-state index in [0.717, 1.165) is 30.8 Å². The van der Waals surface area contributed by atoms with Crippen molar-refractivity contribution in [3.63, 3.8) is 0 Å². The minimum absolute atomic E-state index is 0.0478. The maximum absolute atomic E-state index is 15.7. The number of methoxy groups -OCH3 is 1. The second-order valence-electron chi connectivity index (χ2n) is 8.96. The number of benzene rings is 1. The van der Waals surface area contributed by atoms with E-state index in [1.54, 1.807) is 42.8 Å². The van der Waals surface area contributed by atoms with Crippen molar-refractivity contribution in [1.29, 1.82) is 0 Å². The van der Waals surface area contributed by atoms with Crippen LogP contribution in [-0.2, 0) is 6.61 Å². The average Bonchev–Trinajstić information content (AvgIpc) is 3.40. The highest BCUT2D eigenvalue weighted by Crippen LogP contribution is 2.41. The van der Waals surface area contributed by atoms with Crippen LogP contribution in [0.3, 0.4) is 0 Å². The maximum atomic E-state index is 15.7. The summed E-state index contributed by atoms with van der Waals surface area (Å²) in [6.07, 6.45) is 2.77. The summed E-state index contributed by atoms with van der Waals surface area (Å²) in [5.41, 5.74) is 1.35. The highest BCUT2D eigenvalue weighted by atomic mass is 32.1. The molecule has 0 radical (unpaired) electrons. The van der Waals surface area contributed by atoms with Crippen molar-refractivity contribution < 1.29 is 19.3 Å². The number of piperidine rings is 1. The SMILES string of the molecule is COc1ccc2ncc(CO)c([C@@H](F)CCC3(CO)CCN(CC#Cc4cccs4)CC3)c2c1. The molecule has 1 saturated heterocycles. The molecule has 1 fully saturated rings. The zero-order chi connectivity index (χ0) is 24.0. The molecule has 0 spiro atoms. The summed E-state index contributed by atoms with van der Waals surface area (Å²) < 4.78 is 21.0. The fourth-order valence-corrected chi connectivity index (χ4v) is 5.29. The first-order valence-electron chi connectivity index (χ1n) is 11.6. The van der Waals surface area contributed by atoms with Gasteiger partial charge >= 0.3 is 0 Å². The molecule has 2 aromatic heterocycles. The third-order valence-corrected chi connectivity index (χ3v) is 7.68. The predicted octanol–water partition coefficient (Wildman–Crippen LogP) is 4.71. The van der Waals surface area contributed by atoms with Crippen molar-refractivity contribution in [3.8, 4) is 17.6 Å². The van der Waals surface area contributed by atoms with Gasteiger partial charge in [0.15, 0.2) is 0 Å². The van der Waals surface area contributed by atoms with Crippen LogP contribution in [0.5, 0.6) is 5.75 Å². The topological polar surface area (TPSA) is 65.8 Å². The van der Waals surface area contributed by atoms with Gasteiger partial charge in [0.25, 0.3) is 0 Å². The van der Waals surface area contributed by atoms with Gasteiger partial charge in [0, 0.05) is 29.3 Å². The van der Waals surface area contributed by atoms with Gasteiger partial charge in [-0.25, -0.2) is 4.39 Å². The molecule has 0 unspecified atom stereocenters. The second-order valence-corrected chi connectivity index (χ2v) is 9.91. The molecule has 1 aliphatic heterocycles. The quantitative estimate of drug-likeness (QED) is 0.455. The van der Waals surface area contributed by atoms with E-state index in [1.165, 1.54) is 0 Å². The number of thiophene rings is 1. The van der Waals surface area contributed by atoms with Crippen LogP contribution >= 0.6 is 11.3 Å². The average molecular weight is 483 g/mol. The van der Waals surface area contributed by atoms with Gasteiger partial charge in [0.2, 0.25) is 0 Å². The molecule has 4 rings (SSSR count). The van der Waals surface area contributed by atoms with Gasteiger partial charge in [0.05, 0.1) is 30.7 Å². The number of hydrogen-bond acceptors (Lipinski definition) is 6. The van der Waals surface area contributed by atoms with E-state index >= 15 is 4.39 Å². The van der Waals surface area contributed by atoms with Gasteiger partial charge in [-0.2, -0.15) is 0 Å². The Bertz CT molecular complexity index is 1140. The van der Waals surface area contributed by atoms with Gasteiger partial charge in [-0.1, -0.05) is 17.9 Å². The van der Waals surface area contributed by atoms with Gasteiger partial charge in [-0.05, 0) is 73.8 Å². The number of aliphatic hydroxyl groups excluding tert-OH is 2. The Labute approximate surface area is 204 Å². The van der Waals surface area contributed by atoms with Crippen LogP contribution in [0.15, 0.2) is 41.9 Å². The van der Waals surface area contributed by atoms with Crippen molar-refractivity contribution in [2.45, 2.75) is 38.5 Å². The summed E-state index contributed by atoms with van der Waals surface area (Å²) in [6.45, 7) is 2.16. The zero-order valence-electron chi connectivity index (χ0n) is 19.5. The van der Waals surface area contributed by atoms with Crippen LogP contribution < -0.4 is 4.74 Å². The highest BCUT2D eigenvalue weighted by molar-refractivity contribution is 7.10. The van der Waals surface area contributed by atoms with Crippen LogP contribution in [0.4, 0.5) is 4.39 Å². The van der Waals surface area contributed by atoms with E-state index in [-0.39, 0.29) is 25.0 Å². The molecule has 2 N–H and O–H groups in total. The summed E-state index contributed by atoms with van der Waals surface area (Å²) in [4.78, 5) is 7.73. The lowest BCUT2D eigenvalue weighted by molar-refractivity contribution is 0.0343. The van der Waals surface area contributed by atoms with E-state index in [1.807, 2.05) is 17.5 Å². The molecule has 0 aliphatic carbocycles. The zero-order valence-corrected chi connectivity index (χ0v) is 20.3. The third-order valence-electron chi connectivity index (χ3n) is 6.90. The standard InChI is InChI=1S/C27H31FN2O3S/c1-33-21-6-7-25-23(16-21)26(20(18-31)17-29-25)24(28)8-9-27(19-32)10-13-30(14-11-27)12-2-4-22-5-3-15-34-22/h3,5-7,15-17,24,31-32H,8-14,18-19H2,1H3/t24-/m0/s1. The number of likely N-dealkylation sites (tertiary alicyclic amines) is 1. The molecular weight excluding hydrogens is 451 g/mol. The molecule has 7 heteroatoms. The van der Waals surface area contributed by atoms with Gasteiger partial charge in [-0.15, -0.1) is 11.3 Å². The molecule has 0 amide bonds. The molecule has 180 valence electrons. The molecule has 34 heavy (non-hydrogen) atoms. The van der Waals surface area contributed by atoms with E-state index < -0.39 is 6.17 Å². The molecule has 0 bridgehead atoms. The number of halogens is 1. The lowest BCUT2D eigenvalue weighted by Crippen LogP contribution is -2.42. The number of pyridine rings is 1. The molecule has 3 aromatic rings. The Morgan fingerprint density at radius 3 is 2.76 bits per heavy atom. The first kappa shape index (κ1) is 24.6. The van der Waals surface area contributed by atoms with Crippen molar-refractivity contribution >= 4 is 22.2 Å². The smallest absolute Gasteiger partial charge is 0.126 e. The Morgan fingerprint density at radius 2 is 2.09 bits per heavy atom. The van der Waals surface area contributed by atoms with Gasteiger partial charge in [0.1, 0.15) is 11.9 Å². The molecule has 0 saturated carbocycles. The second kappa shape index (κ2) is 11.3. The molecule has 1 aromatic carbocycles. The summed E-state index contributed by atoms with van der Waals surface area (Å²) in [6, 6.07) is 9.39. The monoisotopic (exact) mass is 482 g/mol. The summed E-state index contributed by atoms with van der Waals surface area (Å²) in [7, 11) is 1.57. The van der Waals surface area contributed by atoms with E-state index in [4.69, 9.17) is 4.74 Å². The van der Waals surface area contributed by atoms with Gasteiger partial charge in [-0.3, -0.25) is 9.88 Å². The van der Waals surface area contributed by atoms with Crippen LogP contribution in [-0.4, -0.2) is 53.4 Å². The number of fused-ring (bicyclic) bond motifs is 1. The molecule has 5 nitrogen and oxygen atoms in total. The largest absolute Gasteiger partial charge is 0.497 e. The Morgan fingerprint density at radius 1 is 1.26 bits per heavy atom. The molecule has 1 aliphatic rings. The normalized spacial score (nSPS) is 16.7. The van der Waals surface area contributed by atoms with Crippen LogP contribution in [0, 0.1) is 17.3 Å². The van der Waals surface area contributed by atoms with Crippen molar-refractivity contribution in [2.75, 3.05) is 33.4 Å². The number of aromatic nitrogens is 1. The van der Waals surface area contributed by atoms with E-state index in [9.17, 15) is 10.2 Å². The lowest BCUT2D eigenvalue weighted by Gasteiger charge is -2.40. The van der Waals surface area contributed by atoms with Gasteiger partial charge < -0.3 is 14.9 Å². The number of nitrogens with zero attached hydrogens (tertiary/aromatic N) is 2. The maximum Gasteiger partial charge on any atom is 0.126 e. The third kappa shape index (κ3) is 5.59. The van der Waals surface area contributed by atoms with Crippen LogP contribution in [0.25, 0.3) is 10.9 Å². The highest BCUT2D eigenvalue weighted by Gasteiger charge is 2.35. The molecule has 1 atom stereocenters. The summed E-state index contributed by atoms with van der Waals surface area (Å²) >= 11 is 1.64. The Hall–Kier alpha value is -2.50. The minimum Gasteiger partial charge on any atom is -0.497 e.